The minimum absolute atomic E-state index is 0.195. The van der Waals surface area contributed by atoms with E-state index in [0.29, 0.717) is 49.4 Å². The first-order valence-electron chi connectivity index (χ1n) is 8.80. The average molecular weight is 391 g/mol. The fourth-order valence-electron chi connectivity index (χ4n) is 3.26. The van der Waals surface area contributed by atoms with Crippen LogP contribution in [0.1, 0.15) is 17.9 Å². The quantitative estimate of drug-likeness (QED) is 0.783. The Morgan fingerprint density at radius 2 is 1.89 bits per heavy atom. The first-order chi connectivity index (χ1) is 12.9. The van der Waals surface area contributed by atoms with E-state index in [1.165, 1.54) is 10.4 Å². The average Bonchev–Trinajstić information content (AvgIpc) is 3.09. The van der Waals surface area contributed by atoms with Crippen molar-refractivity contribution in [3.63, 3.8) is 0 Å². The predicted octanol–water partition coefficient (Wildman–Crippen LogP) is 1.71. The molecule has 27 heavy (non-hydrogen) atoms. The number of aryl methyl sites for hydroxylation is 2. The highest BCUT2D eigenvalue weighted by molar-refractivity contribution is 7.89. The lowest BCUT2D eigenvalue weighted by Gasteiger charge is -2.21. The molecule has 2 aliphatic rings. The van der Waals surface area contributed by atoms with Crippen molar-refractivity contribution in [3.05, 3.63) is 35.8 Å². The third-order valence-electron chi connectivity index (χ3n) is 4.49. The number of nitrogens with zero attached hydrogens (tertiary/aromatic N) is 3. The Bertz CT molecular complexity index is 943. The number of benzene rings is 1. The molecule has 144 valence electrons. The SMILES string of the molecule is Cc1cc(O[C@@H]2CCN(S(=O)(=O)c3ccc4c(c3)OCCO4)C2)nc(C)n1. The van der Waals surface area contributed by atoms with Crippen molar-refractivity contribution in [3.8, 4) is 17.4 Å². The molecule has 0 aliphatic carbocycles. The van der Waals surface area contributed by atoms with Crippen LogP contribution >= 0.6 is 0 Å². The van der Waals surface area contributed by atoms with Crippen molar-refractivity contribution in [2.24, 2.45) is 0 Å². The van der Waals surface area contributed by atoms with E-state index in [9.17, 15) is 8.42 Å². The first-order valence-corrected chi connectivity index (χ1v) is 10.2. The summed E-state index contributed by atoms with van der Waals surface area (Å²) in [4.78, 5) is 8.67. The van der Waals surface area contributed by atoms with Gasteiger partial charge in [-0.1, -0.05) is 0 Å². The van der Waals surface area contributed by atoms with Crippen molar-refractivity contribution >= 4 is 10.0 Å². The molecule has 1 fully saturated rings. The lowest BCUT2D eigenvalue weighted by Crippen LogP contribution is -2.31. The van der Waals surface area contributed by atoms with E-state index in [1.54, 1.807) is 25.1 Å². The third kappa shape index (κ3) is 3.70. The van der Waals surface area contributed by atoms with Gasteiger partial charge in [-0.15, -0.1) is 0 Å². The van der Waals surface area contributed by atoms with Crippen LogP contribution in [0.2, 0.25) is 0 Å². The second-order valence-electron chi connectivity index (χ2n) is 6.59. The zero-order valence-electron chi connectivity index (χ0n) is 15.2. The lowest BCUT2D eigenvalue weighted by atomic mass is 10.3. The monoisotopic (exact) mass is 391 g/mol. The summed E-state index contributed by atoms with van der Waals surface area (Å²) in [5, 5.41) is 0. The summed E-state index contributed by atoms with van der Waals surface area (Å²) < 4.78 is 44.2. The van der Waals surface area contributed by atoms with Gasteiger partial charge in [0.2, 0.25) is 15.9 Å². The van der Waals surface area contributed by atoms with Gasteiger partial charge in [0.25, 0.3) is 0 Å². The van der Waals surface area contributed by atoms with Gasteiger partial charge in [0.05, 0.1) is 11.4 Å². The second kappa shape index (κ2) is 6.97. The molecule has 0 spiro atoms. The molecule has 4 rings (SSSR count). The number of hydrogen-bond donors (Lipinski definition) is 0. The topological polar surface area (TPSA) is 90.9 Å². The Balaban J connectivity index is 1.49. The maximum absolute atomic E-state index is 13.0. The molecular weight excluding hydrogens is 370 g/mol. The van der Waals surface area contributed by atoms with E-state index in [2.05, 4.69) is 9.97 Å². The van der Waals surface area contributed by atoms with E-state index in [-0.39, 0.29) is 17.5 Å². The second-order valence-corrected chi connectivity index (χ2v) is 8.53. The zero-order chi connectivity index (χ0) is 19.0. The van der Waals surface area contributed by atoms with Crippen molar-refractivity contribution in [2.75, 3.05) is 26.3 Å². The van der Waals surface area contributed by atoms with Gasteiger partial charge in [0.1, 0.15) is 25.1 Å². The van der Waals surface area contributed by atoms with E-state index in [1.807, 2.05) is 6.92 Å². The van der Waals surface area contributed by atoms with Crippen LogP contribution in [-0.4, -0.2) is 55.1 Å². The van der Waals surface area contributed by atoms with Gasteiger partial charge in [-0.3, -0.25) is 0 Å². The number of aromatic nitrogens is 2. The first kappa shape index (κ1) is 18.0. The van der Waals surface area contributed by atoms with Crippen LogP contribution in [-0.2, 0) is 10.0 Å². The molecule has 1 atom stereocenters. The van der Waals surface area contributed by atoms with Gasteiger partial charge < -0.3 is 14.2 Å². The minimum atomic E-state index is -3.63. The van der Waals surface area contributed by atoms with Crippen molar-refractivity contribution in [1.29, 1.82) is 0 Å². The number of hydrogen-bond acceptors (Lipinski definition) is 7. The summed E-state index contributed by atoms with van der Waals surface area (Å²) in [6, 6.07) is 6.46. The Morgan fingerprint density at radius 1 is 1.11 bits per heavy atom. The van der Waals surface area contributed by atoms with Crippen LogP contribution in [0.3, 0.4) is 0 Å². The highest BCUT2D eigenvalue weighted by atomic mass is 32.2. The summed E-state index contributed by atoms with van der Waals surface area (Å²) >= 11 is 0. The Labute approximate surface area is 158 Å². The van der Waals surface area contributed by atoms with E-state index >= 15 is 0 Å². The predicted molar refractivity (Wildman–Crippen MR) is 96.7 cm³/mol. The van der Waals surface area contributed by atoms with Gasteiger partial charge in [-0.2, -0.15) is 9.29 Å². The molecule has 0 N–H and O–H groups in total. The van der Waals surface area contributed by atoms with Gasteiger partial charge in [0, 0.05) is 24.4 Å². The van der Waals surface area contributed by atoms with Crippen molar-refractivity contribution in [2.45, 2.75) is 31.3 Å². The summed E-state index contributed by atoms with van der Waals surface area (Å²) in [5.74, 6) is 2.13. The number of sulfonamides is 1. The molecule has 1 saturated heterocycles. The molecule has 8 nitrogen and oxygen atoms in total. The van der Waals surface area contributed by atoms with Crippen LogP contribution < -0.4 is 14.2 Å². The number of fused-ring (bicyclic) bond motifs is 1. The summed E-state index contributed by atoms with van der Waals surface area (Å²) in [6.07, 6.45) is 0.358. The van der Waals surface area contributed by atoms with E-state index in [4.69, 9.17) is 14.2 Å². The van der Waals surface area contributed by atoms with Crippen molar-refractivity contribution in [1.82, 2.24) is 14.3 Å². The molecule has 3 heterocycles. The molecule has 2 aliphatic heterocycles. The van der Waals surface area contributed by atoms with Crippen LogP contribution in [0, 0.1) is 13.8 Å². The van der Waals surface area contributed by atoms with E-state index < -0.39 is 10.0 Å². The fraction of sp³-hybridized carbons (Fsp3) is 0.444. The molecule has 2 aromatic rings. The van der Waals surface area contributed by atoms with Gasteiger partial charge >= 0.3 is 0 Å². The molecule has 0 saturated carbocycles. The summed E-state index contributed by atoms with van der Waals surface area (Å²) in [5.41, 5.74) is 0.816. The summed E-state index contributed by atoms with van der Waals surface area (Å²) in [6.45, 7) is 5.21. The Morgan fingerprint density at radius 3 is 2.67 bits per heavy atom. The zero-order valence-corrected chi connectivity index (χ0v) is 16.0. The van der Waals surface area contributed by atoms with E-state index in [0.717, 1.165) is 5.69 Å². The van der Waals surface area contributed by atoms with Gasteiger partial charge in [-0.25, -0.2) is 13.4 Å². The smallest absolute Gasteiger partial charge is 0.243 e. The van der Waals surface area contributed by atoms with Gasteiger partial charge in [-0.05, 0) is 32.4 Å². The molecule has 9 heteroatoms. The molecule has 0 bridgehead atoms. The van der Waals surface area contributed by atoms with Crippen LogP contribution in [0.15, 0.2) is 29.2 Å². The lowest BCUT2D eigenvalue weighted by molar-refractivity contribution is 0.171. The highest BCUT2D eigenvalue weighted by Gasteiger charge is 2.34. The maximum atomic E-state index is 13.0. The minimum Gasteiger partial charge on any atom is -0.486 e. The third-order valence-corrected chi connectivity index (χ3v) is 6.35. The Hall–Kier alpha value is -2.39. The standard InChI is InChI=1S/C18H21N3O5S/c1-12-9-18(20-13(2)19-12)26-14-5-6-21(11-14)27(22,23)15-3-4-16-17(10-15)25-8-7-24-16/h3-4,9-10,14H,5-8,11H2,1-2H3/t14-/m1/s1. The highest BCUT2D eigenvalue weighted by Crippen LogP contribution is 2.34. The normalized spacial score (nSPS) is 19.9. The molecule has 0 radical (unpaired) electrons. The number of ether oxygens (including phenoxy) is 3. The number of rotatable bonds is 4. The molecular formula is C18H21N3O5S. The Kier molecular flexibility index (Phi) is 4.65. The van der Waals surface area contributed by atoms with Crippen LogP contribution in [0.5, 0.6) is 17.4 Å². The van der Waals surface area contributed by atoms with Crippen LogP contribution in [0.25, 0.3) is 0 Å². The molecule has 0 unspecified atom stereocenters. The summed E-state index contributed by atoms with van der Waals surface area (Å²) in [7, 11) is -3.63. The van der Waals surface area contributed by atoms with Gasteiger partial charge in [0.15, 0.2) is 11.5 Å². The molecule has 0 amide bonds. The van der Waals surface area contributed by atoms with Crippen molar-refractivity contribution < 1.29 is 22.6 Å². The van der Waals surface area contributed by atoms with Crippen LogP contribution in [0.4, 0.5) is 0 Å². The largest absolute Gasteiger partial charge is 0.486 e. The maximum Gasteiger partial charge on any atom is 0.243 e. The fourth-order valence-corrected chi connectivity index (χ4v) is 4.76. The molecule has 1 aromatic heterocycles. The molecule has 1 aromatic carbocycles.